The quantitative estimate of drug-likeness (QED) is 0.570. The van der Waals surface area contributed by atoms with Crippen molar-refractivity contribution in [3.63, 3.8) is 0 Å². The number of benzene rings is 2. The number of nitrogens with zero attached hydrogens (tertiary/aromatic N) is 1. The van der Waals surface area contributed by atoms with Crippen LogP contribution in [0.1, 0.15) is 21.7 Å². The maximum absolute atomic E-state index is 13.1. The van der Waals surface area contributed by atoms with Gasteiger partial charge in [0, 0.05) is 31.7 Å². The molecule has 2 aromatic carbocycles. The standard InChI is InChI=1S/C25H27N3O4/c29-24(26-21-9-4-8-20(16-21)18-28-11-14-31-15-12-28)22(17-19-6-2-1-3-7-19)27-25(30)23-10-5-13-32-23/h1-10,13,16,22H,11-12,14-15,17-18H2,(H,26,29)(H,27,30). The van der Waals surface area contributed by atoms with Crippen molar-refractivity contribution in [2.75, 3.05) is 31.6 Å². The Hall–Kier alpha value is -3.42. The lowest BCUT2D eigenvalue weighted by Crippen LogP contribution is -2.45. The Balaban J connectivity index is 1.45. The van der Waals surface area contributed by atoms with Gasteiger partial charge in [-0.05, 0) is 35.4 Å². The van der Waals surface area contributed by atoms with Crippen LogP contribution in [-0.2, 0) is 22.5 Å². The second-order valence-electron chi connectivity index (χ2n) is 7.77. The van der Waals surface area contributed by atoms with Gasteiger partial charge in [-0.3, -0.25) is 14.5 Å². The number of nitrogens with one attached hydrogen (secondary N) is 2. The van der Waals surface area contributed by atoms with Crippen LogP contribution < -0.4 is 10.6 Å². The number of furan rings is 1. The van der Waals surface area contributed by atoms with Gasteiger partial charge in [0.2, 0.25) is 5.91 Å². The van der Waals surface area contributed by atoms with E-state index in [-0.39, 0.29) is 11.7 Å². The number of anilines is 1. The molecular weight excluding hydrogens is 406 g/mol. The second-order valence-corrected chi connectivity index (χ2v) is 7.77. The molecule has 7 heteroatoms. The van der Waals surface area contributed by atoms with E-state index in [4.69, 9.17) is 9.15 Å². The van der Waals surface area contributed by atoms with Crippen LogP contribution in [-0.4, -0.2) is 49.1 Å². The summed E-state index contributed by atoms with van der Waals surface area (Å²) in [5.41, 5.74) is 2.77. The van der Waals surface area contributed by atoms with E-state index in [0.717, 1.165) is 44.0 Å². The Kier molecular flexibility index (Phi) is 7.32. The lowest BCUT2D eigenvalue weighted by Gasteiger charge is -2.26. The summed E-state index contributed by atoms with van der Waals surface area (Å²) in [4.78, 5) is 28.0. The van der Waals surface area contributed by atoms with E-state index in [1.165, 1.54) is 6.26 Å². The number of morpholine rings is 1. The molecule has 1 saturated heterocycles. The molecule has 0 bridgehead atoms. The number of carbonyl (C=O) groups excluding carboxylic acids is 2. The fraction of sp³-hybridized carbons (Fsp3) is 0.280. The number of ether oxygens (including phenoxy) is 1. The molecule has 166 valence electrons. The Bertz CT molecular complexity index is 1010. The number of rotatable bonds is 8. The third-order valence-corrected chi connectivity index (χ3v) is 5.35. The fourth-order valence-corrected chi connectivity index (χ4v) is 3.69. The molecule has 1 aromatic heterocycles. The van der Waals surface area contributed by atoms with Crippen LogP contribution in [0.5, 0.6) is 0 Å². The fourth-order valence-electron chi connectivity index (χ4n) is 3.69. The minimum absolute atomic E-state index is 0.170. The number of hydrogen-bond acceptors (Lipinski definition) is 5. The van der Waals surface area contributed by atoms with E-state index in [0.29, 0.717) is 12.1 Å². The van der Waals surface area contributed by atoms with Crippen LogP contribution in [0.4, 0.5) is 5.69 Å². The molecule has 1 fully saturated rings. The summed E-state index contributed by atoms with van der Waals surface area (Å²) in [6, 6.07) is 19.9. The summed E-state index contributed by atoms with van der Waals surface area (Å²) in [5.74, 6) is -0.534. The highest BCUT2D eigenvalue weighted by Crippen LogP contribution is 2.15. The van der Waals surface area contributed by atoms with Crippen LogP contribution in [0, 0.1) is 0 Å². The first-order valence-electron chi connectivity index (χ1n) is 10.8. The highest BCUT2D eigenvalue weighted by atomic mass is 16.5. The molecule has 1 unspecified atom stereocenters. The van der Waals surface area contributed by atoms with Gasteiger partial charge in [-0.15, -0.1) is 0 Å². The average molecular weight is 434 g/mol. The number of hydrogen-bond donors (Lipinski definition) is 2. The van der Waals surface area contributed by atoms with E-state index in [1.54, 1.807) is 12.1 Å². The van der Waals surface area contributed by atoms with Gasteiger partial charge in [0.05, 0.1) is 19.5 Å². The molecule has 7 nitrogen and oxygen atoms in total. The Labute approximate surface area is 187 Å². The van der Waals surface area contributed by atoms with Crippen molar-refractivity contribution >= 4 is 17.5 Å². The van der Waals surface area contributed by atoms with Crippen molar-refractivity contribution < 1.29 is 18.7 Å². The van der Waals surface area contributed by atoms with Gasteiger partial charge in [0.1, 0.15) is 6.04 Å². The van der Waals surface area contributed by atoms with E-state index in [9.17, 15) is 9.59 Å². The van der Waals surface area contributed by atoms with E-state index < -0.39 is 11.9 Å². The minimum Gasteiger partial charge on any atom is -0.459 e. The molecule has 0 saturated carbocycles. The molecule has 2 N–H and O–H groups in total. The molecule has 1 aliphatic rings. The van der Waals surface area contributed by atoms with Crippen molar-refractivity contribution in [1.29, 1.82) is 0 Å². The lowest BCUT2D eigenvalue weighted by atomic mass is 10.0. The Morgan fingerprint density at radius 3 is 2.47 bits per heavy atom. The first-order valence-corrected chi connectivity index (χ1v) is 10.8. The summed E-state index contributed by atoms with van der Waals surface area (Å²) in [5, 5.41) is 5.76. The van der Waals surface area contributed by atoms with E-state index in [2.05, 4.69) is 15.5 Å². The molecule has 3 aromatic rings. The van der Waals surface area contributed by atoms with Crippen LogP contribution in [0.15, 0.2) is 77.4 Å². The highest BCUT2D eigenvalue weighted by molar-refractivity contribution is 6.00. The van der Waals surface area contributed by atoms with E-state index in [1.807, 2.05) is 54.6 Å². The summed E-state index contributed by atoms with van der Waals surface area (Å²) in [7, 11) is 0. The molecule has 32 heavy (non-hydrogen) atoms. The molecule has 2 heterocycles. The SMILES string of the molecule is O=C(NC(Cc1ccccc1)C(=O)Nc1cccc(CN2CCOCC2)c1)c1ccco1. The maximum atomic E-state index is 13.1. The second kappa shape index (κ2) is 10.7. The molecular formula is C25H27N3O4. The maximum Gasteiger partial charge on any atom is 0.287 e. The van der Waals surface area contributed by atoms with Crippen LogP contribution >= 0.6 is 0 Å². The van der Waals surface area contributed by atoms with Crippen molar-refractivity contribution in [1.82, 2.24) is 10.2 Å². The zero-order chi connectivity index (χ0) is 22.2. The van der Waals surface area contributed by atoms with Gasteiger partial charge in [-0.25, -0.2) is 0 Å². The molecule has 4 rings (SSSR count). The number of amides is 2. The lowest BCUT2D eigenvalue weighted by molar-refractivity contribution is -0.118. The predicted molar refractivity (Wildman–Crippen MR) is 121 cm³/mol. The van der Waals surface area contributed by atoms with Gasteiger partial charge >= 0.3 is 0 Å². The predicted octanol–water partition coefficient (Wildman–Crippen LogP) is 3.09. The third-order valence-electron chi connectivity index (χ3n) is 5.35. The summed E-state index contributed by atoms with van der Waals surface area (Å²) >= 11 is 0. The van der Waals surface area contributed by atoms with Crippen LogP contribution in [0.25, 0.3) is 0 Å². The Morgan fingerprint density at radius 1 is 0.938 bits per heavy atom. The monoisotopic (exact) mass is 433 g/mol. The summed E-state index contributed by atoms with van der Waals surface area (Å²) in [6.07, 6.45) is 1.80. The largest absolute Gasteiger partial charge is 0.459 e. The summed E-state index contributed by atoms with van der Waals surface area (Å²) in [6.45, 7) is 4.08. The van der Waals surface area contributed by atoms with Gasteiger partial charge in [0.25, 0.3) is 5.91 Å². The number of carbonyl (C=O) groups is 2. The Morgan fingerprint density at radius 2 is 1.72 bits per heavy atom. The minimum atomic E-state index is -0.752. The van der Waals surface area contributed by atoms with Crippen molar-refractivity contribution in [3.8, 4) is 0 Å². The first-order chi connectivity index (χ1) is 15.7. The average Bonchev–Trinajstić information content (AvgIpc) is 3.35. The molecule has 0 radical (unpaired) electrons. The summed E-state index contributed by atoms with van der Waals surface area (Å²) < 4.78 is 10.6. The highest BCUT2D eigenvalue weighted by Gasteiger charge is 2.23. The van der Waals surface area contributed by atoms with Gasteiger partial charge < -0.3 is 19.8 Å². The van der Waals surface area contributed by atoms with Crippen LogP contribution in [0.2, 0.25) is 0 Å². The molecule has 1 atom stereocenters. The third kappa shape index (κ3) is 6.06. The molecule has 0 spiro atoms. The smallest absolute Gasteiger partial charge is 0.287 e. The first kappa shape index (κ1) is 21.8. The molecule has 2 amide bonds. The van der Waals surface area contributed by atoms with E-state index >= 15 is 0 Å². The molecule has 1 aliphatic heterocycles. The molecule has 0 aliphatic carbocycles. The van der Waals surface area contributed by atoms with Crippen LogP contribution in [0.3, 0.4) is 0 Å². The van der Waals surface area contributed by atoms with Gasteiger partial charge in [-0.1, -0.05) is 42.5 Å². The van der Waals surface area contributed by atoms with Crippen molar-refractivity contribution in [3.05, 3.63) is 89.9 Å². The topological polar surface area (TPSA) is 83.8 Å². The van der Waals surface area contributed by atoms with Crippen molar-refractivity contribution in [2.45, 2.75) is 19.0 Å². The normalized spacial score (nSPS) is 15.1. The zero-order valence-electron chi connectivity index (χ0n) is 17.8. The van der Waals surface area contributed by atoms with Gasteiger partial charge in [-0.2, -0.15) is 0 Å². The van der Waals surface area contributed by atoms with Gasteiger partial charge in [0.15, 0.2) is 5.76 Å². The van der Waals surface area contributed by atoms with Crippen molar-refractivity contribution in [2.24, 2.45) is 0 Å². The zero-order valence-corrected chi connectivity index (χ0v) is 17.8.